The minimum absolute atomic E-state index is 0.169. The third-order valence-electron chi connectivity index (χ3n) is 4.25. The SMILES string of the molecule is O=C(c1cccc(Br)c1F)N(CC1CC1)CC1CCCN1. The highest BCUT2D eigenvalue weighted by atomic mass is 79.9. The van der Waals surface area contributed by atoms with Gasteiger partial charge in [-0.2, -0.15) is 0 Å². The van der Waals surface area contributed by atoms with E-state index in [1.54, 1.807) is 18.2 Å². The molecule has 1 heterocycles. The molecule has 1 aliphatic carbocycles. The van der Waals surface area contributed by atoms with Crippen molar-refractivity contribution in [3.8, 4) is 0 Å². The molecule has 1 N–H and O–H groups in total. The van der Waals surface area contributed by atoms with Gasteiger partial charge in [-0.05, 0) is 66.2 Å². The molecule has 1 atom stereocenters. The van der Waals surface area contributed by atoms with Crippen molar-refractivity contribution in [2.24, 2.45) is 5.92 Å². The lowest BCUT2D eigenvalue weighted by Gasteiger charge is -2.26. The van der Waals surface area contributed by atoms with Crippen molar-refractivity contribution in [1.29, 1.82) is 0 Å². The van der Waals surface area contributed by atoms with Gasteiger partial charge in [-0.25, -0.2) is 4.39 Å². The van der Waals surface area contributed by atoms with Crippen LogP contribution in [0.2, 0.25) is 0 Å². The Morgan fingerprint density at radius 2 is 2.14 bits per heavy atom. The second-order valence-corrected chi connectivity index (χ2v) is 6.90. The highest BCUT2D eigenvalue weighted by Gasteiger charge is 2.30. The van der Waals surface area contributed by atoms with Crippen molar-refractivity contribution in [1.82, 2.24) is 10.2 Å². The van der Waals surface area contributed by atoms with E-state index in [1.807, 2.05) is 4.90 Å². The zero-order valence-corrected chi connectivity index (χ0v) is 13.5. The Morgan fingerprint density at radius 1 is 1.33 bits per heavy atom. The fraction of sp³-hybridized carbons (Fsp3) is 0.562. The molecule has 1 aliphatic heterocycles. The predicted octanol–water partition coefficient (Wildman–Crippen LogP) is 3.19. The summed E-state index contributed by atoms with van der Waals surface area (Å²) in [6, 6.07) is 5.26. The molecule has 1 aromatic rings. The molecule has 1 unspecified atom stereocenters. The minimum Gasteiger partial charge on any atom is -0.337 e. The summed E-state index contributed by atoms with van der Waals surface area (Å²) in [5, 5.41) is 3.42. The number of rotatable bonds is 5. The molecule has 2 aliphatic rings. The van der Waals surface area contributed by atoms with Gasteiger partial charge in [0.2, 0.25) is 0 Å². The van der Waals surface area contributed by atoms with Crippen LogP contribution in [0.25, 0.3) is 0 Å². The van der Waals surface area contributed by atoms with Gasteiger partial charge < -0.3 is 10.2 Å². The van der Waals surface area contributed by atoms with Crippen molar-refractivity contribution in [2.45, 2.75) is 31.7 Å². The summed E-state index contributed by atoms with van der Waals surface area (Å²) in [7, 11) is 0. The van der Waals surface area contributed by atoms with Crippen molar-refractivity contribution < 1.29 is 9.18 Å². The Labute approximate surface area is 133 Å². The van der Waals surface area contributed by atoms with E-state index < -0.39 is 5.82 Å². The normalized spacial score (nSPS) is 21.5. The molecule has 0 aromatic heterocycles. The summed E-state index contributed by atoms with van der Waals surface area (Å²) in [5.41, 5.74) is 0.169. The molecule has 1 amide bonds. The number of nitrogens with one attached hydrogen (secondary N) is 1. The number of hydrogen-bond donors (Lipinski definition) is 1. The number of amides is 1. The zero-order valence-electron chi connectivity index (χ0n) is 11.9. The van der Waals surface area contributed by atoms with Gasteiger partial charge in [0.15, 0.2) is 0 Å². The van der Waals surface area contributed by atoms with Crippen molar-refractivity contribution in [3.05, 3.63) is 34.1 Å². The van der Waals surface area contributed by atoms with Gasteiger partial charge >= 0.3 is 0 Å². The van der Waals surface area contributed by atoms with Crippen LogP contribution in [0.4, 0.5) is 4.39 Å². The monoisotopic (exact) mass is 354 g/mol. The summed E-state index contributed by atoms with van der Waals surface area (Å²) < 4.78 is 14.5. The van der Waals surface area contributed by atoms with Gasteiger partial charge in [-0.15, -0.1) is 0 Å². The molecule has 0 bridgehead atoms. The molecule has 114 valence electrons. The highest BCUT2D eigenvalue weighted by molar-refractivity contribution is 9.10. The molecule has 1 saturated carbocycles. The molecule has 21 heavy (non-hydrogen) atoms. The molecule has 5 heteroatoms. The highest BCUT2D eigenvalue weighted by Crippen LogP contribution is 2.31. The molecular formula is C16H20BrFN2O. The maximum absolute atomic E-state index is 14.2. The summed E-state index contributed by atoms with van der Waals surface area (Å²) in [6.07, 6.45) is 4.61. The molecular weight excluding hydrogens is 335 g/mol. The molecule has 0 radical (unpaired) electrons. The fourth-order valence-corrected chi connectivity index (χ4v) is 3.24. The molecule has 3 rings (SSSR count). The first-order valence-electron chi connectivity index (χ1n) is 7.62. The first-order valence-corrected chi connectivity index (χ1v) is 8.41. The number of hydrogen-bond acceptors (Lipinski definition) is 2. The van der Waals surface area contributed by atoms with Crippen LogP contribution >= 0.6 is 15.9 Å². The number of halogens is 2. The third kappa shape index (κ3) is 3.64. The maximum atomic E-state index is 14.2. The van der Waals surface area contributed by atoms with Crippen LogP contribution in [0.3, 0.4) is 0 Å². The summed E-state index contributed by atoms with van der Waals surface area (Å²) in [4.78, 5) is 14.5. The van der Waals surface area contributed by atoms with Gasteiger partial charge in [-0.1, -0.05) is 6.07 Å². The number of carbonyl (C=O) groups excluding carboxylic acids is 1. The quantitative estimate of drug-likeness (QED) is 0.880. The molecule has 3 nitrogen and oxygen atoms in total. The second kappa shape index (κ2) is 6.44. The van der Waals surface area contributed by atoms with Crippen LogP contribution < -0.4 is 5.32 Å². The second-order valence-electron chi connectivity index (χ2n) is 6.05. The van der Waals surface area contributed by atoms with E-state index in [9.17, 15) is 9.18 Å². The Balaban J connectivity index is 1.76. The first kappa shape index (κ1) is 15.0. The Hall–Kier alpha value is -0.940. The van der Waals surface area contributed by atoms with Crippen LogP contribution in [0.5, 0.6) is 0 Å². The fourth-order valence-electron chi connectivity index (χ4n) is 2.87. The number of carbonyl (C=O) groups is 1. The van der Waals surface area contributed by atoms with Crippen LogP contribution in [0, 0.1) is 11.7 Å². The molecule has 1 saturated heterocycles. The van der Waals surface area contributed by atoms with Crippen LogP contribution in [-0.4, -0.2) is 36.5 Å². The van der Waals surface area contributed by atoms with E-state index in [0.717, 1.165) is 25.9 Å². The summed E-state index contributed by atoms with van der Waals surface area (Å²) in [5.74, 6) is -0.0392. The van der Waals surface area contributed by atoms with Gasteiger partial charge in [0.1, 0.15) is 5.82 Å². The van der Waals surface area contributed by atoms with E-state index in [2.05, 4.69) is 21.2 Å². The van der Waals surface area contributed by atoms with Crippen LogP contribution in [-0.2, 0) is 0 Å². The summed E-state index contributed by atoms with van der Waals surface area (Å²) in [6.45, 7) is 2.45. The van der Waals surface area contributed by atoms with E-state index in [0.29, 0.717) is 23.0 Å². The first-order chi connectivity index (χ1) is 10.1. The zero-order chi connectivity index (χ0) is 14.8. The van der Waals surface area contributed by atoms with Crippen LogP contribution in [0.1, 0.15) is 36.0 Å². The Morgan fingerprint density at radius 3 is 2.81 bits per heavy atom. The average Bonchev–Trinajstić information content (AvgIpc) is 3.14. The lowest BCUT2D eigenvalue weighted by Crippen LogP contribution is -2.42. The summed E-state index contributed by atoms with van der Waals surface area (Å²) >= 11 is 3.16. The van der Waals surface area contributed by atoms with Gasteiger partial charge in [-0.3, -0.25) is 4.79 Å². The van der Waals surface area contributed by atoms with Crippen molar-refractivity contribution >= 4 is 21.8 Å². The molecule has 0 spiro atoms. The van der Waals surface area contributed by atoms with Crippen LogP contribution in [0.15, 0.2) is 22.7 Å². The van der Waals surface area contributed by atoms with Gasteiger partial charge in [0.05, 0.1) is 10.0 Å². The smallest absolute Gasteiger partial charge is 0.256 e. The van der Waals surface area contributed by atoms with E-state index in [4.69, 9.17) is 0 Å². The standard InChI is InChI=1S/C16H20BrFN2O/c17-14-5-1-4-13(15(14)18)16(21)20(9-11-6-7-11)10-12-3-2-8-19-12/h1,4-5,11-12,19H,2-3,6-10H2. The van der Waals surface area contributed by atoms with Gasteiger partial charge in [0.25, 0.3) is 5.91 Å². The van der Waals surface area contributed by atoms with Crippen molar-refractivity contribution in [3.63, 3.8) is 0 Å². The topological polar surface area (TPSA) is 32.3 Å². The number of benzene rings is 1. The maximum Gasteiger partial charge on any atom is 0.256 e. The van der Waals surface area contributed by atoms with Crippen molar-refractivity contribution in [2.75, 3.05) is 19.6 Å². The lowest BCUT2D eigenvalue weighted by atomic mass is 10.1. The Kier molecular flexibility index (Phi) is 4.60. The third-order valence-corrected chi connectivity index (χ3v) is 4.86. The van der Waals surface area contributed by atoms with E-state index in [-0.39, 0.29) is 11.5 Å². The lowest BCUT2D eigenvalue weighted by molar-refractivity contribution is 0.0728. The number of nitrogens with zero attached hydrogens (tertiary/aromatic N) is 1. The van der Waals surface area contributed by atoms with E-state index in [1.165, 1.54) is 12.8 Å². The largest absolute Gasteiger partial charge is 0.337 e. The Bertz CT molecular complexity index is 527. The van der Waals surface area contributed by atoms with Gasteiger partial charge in [0, 0.05) is 19.1 Å². The average molecular weight is 355 g/mol. The minimum atomic E-state index is -0.456. The molecule has 2 fully saturated rings. The predicted molar refractivity (Wildman–Crippen MR) is 83.8 cm³/mol. The van der Waals surface area contributed by atoms with E-state index >= 15 is 0 Å². The molecule has 1 aromatic carbocycles.